The van der Waals surface area contributed by atoms with Gasteiger partial charge in [-0.25, -0.2) is 4.79 Å². The summed E-state index contributed by atoms with van der Waals surface area (Å²) in [4.78, 5) is 36.4. The van der Waals surface area contributed by atoms with Gasteiger partial charge in [0.05, 0.1) is 22.5 Å². The molecular formula is C22H29BN2O6. The summed E-state index contributed by atoms with van der Waals surface area (Å²) in [7, 11) is -0.754. The molecule has 0 spiro atoms. The van der Waals surface area contributed by atoms with Gasteiger partial charge in [-0.3, -0.25) is 9.59 Å². The van der Waals surface area contributed by atoms with Crippen LogP contribution >= 0.6 is 0 Å². The molecule has 0 saturated carbocycles. The molecule has 1 fully saturated rings. The van der Waals surface area contributed by atoms with Crippen molar-refractivity contribution in [2.45, 2.75) is 65.3 Å². The van der Waals surface area contributed by atoms with Gasteiger partial charge in [0.1, 0.15) is 5.60 Å². The summed E-state index contributed by atoms with van der Waals surface area (Å²) < 4.78 is 17.6. The van der Waals surface area contributed by atoms with Crippen LogP contribution in [0.2, 0.25) is 0 Å². The molecule has 0 bridgehead atoms. The first-order valence-corrected chi connectivity index (χ1v) is 10.2. The lowest BCUT2D eigenvalue weighted by Gasteiger charge is -2.32. The highest BCUT2D eigenvalue weighted by Crippen LogP contribution is 2.39. The number of fused-ring (bicyclic) bond motifs is 1. The fourth-order valence-corrected chi connectivity index (χ4v) is 3.23. The van der Waals surface area contributed by atoms with E-state index in [4.69, 9.17) is 14.0 Å². The van der Waals surface area contributed by atoms with E-state index in [-0.39, 0.29) is 6.54 Å². The average molecular weight is 428 g/mol. The molecular weight excluding hydrogens is 399 g/mol. The molecule has 8 nitrogen and oxygen atoms in total. The van der Waals surface area contributed by atoms with Crippen LogP contribution in [0.1, 0.15) is 64.4 Å². The molecule has 31 heavy (non-hydrogen) atoms. The predicted molar refractivity (Wildman–Crippen MR) is 118 cm³/mol. The number of benzene rings is 1. The maximum atomic E-state index is 12.4. The first-order valence-electron chi connectivity index (χ1n) is 10.2. The Morgan fingerprint density at radius 3 is 2.35 bits per heavy atom. The minimum atomic E-state index is -0.754. The fraction of sp³-hybridized carbons (Fsp3) is 0.500. The van der Waals surface area contributed by atoms with Crippen LogP contribution in [-0.2, 0) is 18.8 Å². The van der Waals surface area contributed by atoms with Crippen LogP contribution in [0.5, 0.6) is 0 Å². The summed E-state index contributed by atoms with van der Waals surface area (Å²) in [5.74, 6) is -1.27. The van der Waals surface area contributed by atoms with Crippen molar-refractivity contribution in [3.63, 3.8) is 0 Å². The highest BCUT2D eigenvalue weighted by atomic mass is 16.7. The van der Waals surface area contributed by atoms with Crippen LogP contribution in [0.15, 0.2) is 23.7 Å². The lowest BCUT2D eigenvalue weighted by Crippen LogP contribution is -2.41. The average Bonchev–Trinajstić information content (AvgIpc) is 3.02. The number of alkyl carbamates (subject to hydrolysis) is 1. The molecule has 2 heterocycles. The fourth-order valence-electron chi connectivity index (χ4n) is 3.23. The minimum Gasteiger partial charge on any atom is -0.444 e. The normalized spacial score (nSPS) is 19.8. The first kappa shape index (κ1) is 23.0. The van der Waals surface area contributed by atoms with Gasteiger partial charge in [-0.1, -0.05) is 18.2 Å². The van der Waals surface area contributed by atoms with Gasteiger partial charge in [0.15, 0.2) is 0 Å². The maximum absolute atomic E-state index is 12.4. The van der Waals surface area contributed by atoms with Crippen molar-refractivity contribution in [3.05, 3.63) is 34.8 Å². The second kappa shape index (κ2) is 7.80. The first-order chi connectivity index (χ1) is 14.2. The molecule has 3 rings (SSSR count). The number of ether oxygens (including phenoxy) is 1. The highest BCUT2D eigenvalue weighted by Gasteiger charge is 2.52. The minimum absolute atomic E-state index is 0.0744. The van der Waals surface area contributed by atoms with Crippen molar-refractivity contribution in [1.29, 1.82) is 0 Å². The van der Waals surface area contributed by atoms with Crippen molar-refractivity contribution < 1.29 is 28.4 Å². The zero-order valence-corrected chi connectivity index (χ0v) is 19.0. The van der Waals surface area contributed by atoms with Crippen LogP contribution in [0.25, 0.3) is 6.08 Å². The molecule has 2 N–H and O–H groups in total. The van der Waals surface area contributed by atoms with Crippen LogP contribution < -0.4 is 10.6 Å². The Labute approximate surface area is 182 Å². The number of carbonyl (C=O) groups excluding carboxylic acids is 3. The molecule has 2 aliphatic rings. The Hall–Kier alpha value is -2.65. The molecule has 1 aromatic carbocycles. The third kappa shape index (κ3) is 4.83. The summed E-state index contributed by atoms with van der Waals surface area (Å²) in [6.45, 7) is 13.1. The van der Waals surface area contributed by atoms with Gasteiger partial charge in [0.25, 0.3) is 11.7 Å². The summed E-state index contributed by atoms with van der Waals surface area (Å²) in [6.07, 6.45) is 1.14. The number of amides is 2. The third-order valence-corrected chi connectivity index (χ3v) is 5.51. The molecule has 0 aliphatic carbocycles. The molecule has 0 unspecified atom stereocenters. The Morgan fingerprint density at radius 2 is 1.77 bits per heavy atom. The monoisotopic (exact) mass is 428 g/mol. The van der Waals surface area contributed by atoms with Gasteiger partial charge in [0.2, 0.25) is 0 Å². The van der Waals surface area contributed by atoms with Gasteiger partial charge >= 0.3 is 13.2 Å². The van der Waals surface area contributed by atoms with E-state index in [9.17, 15) is 14.4 Å². The molecule has 0 atom stereocenters. The maximum Gasteiger partial charge on any atom is 0.492 e. The molecule has 166 valence electrons. The Bertz CT molecular complexity index is 945. The molecule has 9 heteroatoms. The molecule has 0 radical (unpaired) electrons. The number of nitrogens with one attached hydrogen (secondary N) is 2. The number of rotatable bonds is 4. The number of Topliss-reactive ketones (excluding diaryl/α,β-unsaturated/α-hetero) is 1. The van der Waals surface area contributed by atoms with E-state index < -0.39 is 41.7 Å². The van der Waals surface area contributed by atoms with Crippen molar-refractivity contribution in [2.24, 2.45) is 0 Å². The second-order valence-electron chi connectivity index (χ2n) is 9.72. The zero-order valence-electron chi connectivity index (χ0n) is 19.0. The lowest BCUT2D eigenvalue weighted by molar-refractivity contribution is -0.112. The number of hydrogen-bond donors (Lipinski definition) is 2. The smallest absolute Gasteiger partial charge is 0.444 e. The SMILES string of the molecule is CC(C)(C)OC(=O)NCC(=Cc1cccc2c1C(=O)C(=O)N2)B1OC(C)(C)C(C)(C)O1. The van der Waals surface area contributed by atoms with Gasteiger partial charge in [-0.15, -0.1) is 0 Å². The third-order valence-electron chi connectivity index (χ3n) is 5.51. The number of anilines is 1. The van der Waals surface area contributed by atoms with E-state index in [1.807, 2.05) is 27.7 Å². The predicted octanol–water partition coefficient (Wildman–Crippen LogP) is 3.36. The van der Waals surface area contributed by atoms with Crippen LogP contribution in [-0.4, -0.2) is 48.2 Å². The lowest BCUT2D eigenvalue weighted by atomic mass is 9.76. The summed E-state index contributed by atoms with van der Waals surface area (Å²) >= 11 is 0. The molecule has 2 amide bonds. The molecule has 0 aromatic heterocycles. The van der Waals surface area contributed by atoms with Crippen molar-refractivity contribution in [1.82, 2.24) is 5.32 Å². The standard InChI is InChI=1S/C22H29BN2O6/c1-20(2,3)29-19(28)24-12-14(23-30-21(4,5)22(6,7)31-23)11-13-9-8-10-15-16(13)17(26)18(27)25-15/h8-11H,12H2,1-7H3,(H,24,28)(H,25,26,27). The largest absolute Gasteiger partial charge is 0.492 e. The van der Waals surface area contributed by atoms with E-state index in [2.05, 4.69) is 10.6 Å². The topological polar surface area (TPSA) is 103 Å². The van der Waals surface area contributed by atoms with Gasteiger partial charge in [-0.05, 0) is 65.6 Å². The Kier molecular flexibility index (Phi) is 5.79. The Balaban J connectivity index is 1.94. The van der Waals surface area contributed by atoms with E-state index in [1.54, 1.807) is 45.0 Å². The van der Waals surface area contributed by atoms with Crippen molar-refractivity contribution in [2.75, 3.05) is 11.9 Å². The van der Waals surface area contributed by atoms with E-state index >= 15 is 0 Å². The number of hydrogen-bond acceptors (Lipinski definition) is 6. The quantitative estimate of drug-likeness (QED) is 0.563. The molecule has 1 aromatic rings. The summed E-state index contributed by atoms with van der Waals surface area (Å²) in [6, 6.07) is 5.14. The number of carbonyl (C=O) groups is 3. The van der Waals surface area contributed by atoms with E-state index in [0.29, 0.717) is 22.3 Å². The van der Waals surface area contributed by atoms with Crippen LogP contribution in [0.3, 0.4) is 0 Å². The van der Waals surface area contributed by atoms with Crippen LogP contribution in [0.4, 0.5) is 10.5 Å². The molecule has 2 aliphatic heterocycles. The van der Waals surface area contributed by atoms with Crippen LogP contribution in [0, 0.1) is 0 Å². The zero-order chi connectivity index (χ0) is 23.2. The summed E-state index contributed by atoms with van der Waals surface area (Å²) in [5.41, 5.74) is 0.0536. The summed E-state index contributed by atoms with van der Waals surface area (Å²) in [5, 5.41) is 5.28. The second-order valence-corrected chi connectivity index (χ2v) is 9.72. The van der Waals surface area contributed by atoms with Gasteiger partial charge in [-0.2, -0.15) is 0 Å². The Morgan fingerprint density at radius 1 is 1.16 bits per heavy atom. The number of ketones is 1. The van der Waals surface area contributed by atoms with Gasteiger partial charge < -0.3 is 24.7 Å². The van der Waals surface area contributed by atoms with E-state index in [1.165, 1.54) is 0 Å². The molecule has 1 saturated heterocycles. The van der Waals surface area contributed by atoms with Gasteiger partial charge in [0, 0.05) is 6.54 Å². The van der Waals surface area contributed by atoms with Crippen molar-refractivity contribution in [3.8, 4) is 0 Å². The highest BCUT2D eigenvalue weighted by molar-refractivity contribution is 6.56. The van der Waals surface area contributed by atoms with Crippen molar-refractivity contribution >= 4 is 36.7 Å². The van der Waals surface area contributed by atoms with E-state index in [0.717, 1.165) is 0 Å².